The molecule has 0 radical (unpaired) electrons. The van der Waals surface area contributed by atoms with Crippen LogP contribution in [0.3, 0.4) is 0 Å². The van der Waals surface area contributed by atoms with Gasteiger partial charge in [0.1, 0.15) is 0 Å². The molecule has 0 unspecified atom stereocenters. The summed E-state index contributed by atoms with van der Waals surface area (Å²) in [6.45, 7) is 7.12. The fourth-order valence-corrected chi connectivity index (χ4v) is 4.16. The van der Waals surface area contributed by atoms with Crippen LogP contribution in [0.5, 0.6) is 0 Å². The quantitative estimate of drug-likeness (QED) is 0.908. The van der Waals surface area contributed by atoms with Gasteiger partial charge in [-0.3, -0.25) is 0 Å². The maximum Gasteiger partial charge on any atom is 0.0488 e. The van der Waals surface area contributed by atoms with E-state index in [0.29, 0.717) is 6.04 Å². The molecule has 2 aliphatic rings. The van der Waals surface area contributed by atoms with Gasteiger partial charge in [-0.15, -0.1) is 0 Å². The number of hydrogen-bond donors (Lipinski definition) is 2. The topological polar surface area (TPSA) is 31.1 Å². The molecule has 0 aliphatic carbocycles. The summed E-state index contributed by atoms with van der Waals surface area (Å²) in [5, 5.41) is 5.18. The van der Waals surface area contributed by atoms with E-state index in [1.165, 1.54) is 67.5 Å². The third kappa shape index (κ3) is 2.68. The summed E-state index contributed by atoms with van der Waals surface area (Å²) in [7, 11) is 0. The Kier molecular flexibility index (Phi) is 3.93. The molecule has 4 rings (SSSR count). The molecule has 1 aromatic carbocycles. The van der Waals surface area contributed by atoms with Gasteiger partial charge in [-0.1, -0.05) is 18.1 Å². The van der Waals surface area contributed by atoms with Gasteiger partial charge in [-0.25, -0.2) is 0 Å². The third-order valence-electron chi connectivity index (χ3n) is 5.39. The van der Waals surface area contributed by atoms with Crippen LogP contribution in [-0.4, -0.2) is 36.1 Å². The second-order valence-corrected chi connectivity index (χ2v) is 7.01. The van der Waals surface area contributed by atoms with Crippen molar-refractivity contribution in [1.82, 2.24) is 15.2 Å². The summed E-state index contributed by atoms with van der Waals surface area (Å²) in [4.78, 5) is 6.35. The van der Waals surface area contributed by atoms with Gasteiger partial charge >= 0.3 is 0 Å². The first kappa shape index (κ1) is 14.3. The lowest BCUT2D eigenvalue weighted by molar-refractivity contribution is 0.215. The van der Waals surface area contributed by atoms with Crippen molar-refractivity contribution < 1.29 is 0 Å². The van der Waals surface area contributed by atoms with E-state index in [1.807, 2.05) is 0 Å². The lowest BCUT2D eigenvalue weighted by Crippen LogP contribution is -2.35. The van der Waals surface area contributed by atoms with Crippen LogP contribution in [0.2, 0.25) is 0 Å². The van der Waals surface area contributed by atoms with Crippen molar-refractivity contribution in [2.75, 3.05) is 26.2 Å². The van der Waals surface area contributed by atoms with Crippen molar-refractivity contribution in [1.29, 1.82) is 0 Å². The third-order valence-corrected chi connectivity index (χ3v) is 5.39. The molecular weight excluding hydrogens is 270 g/mol. The Morgan fingerprint density at radius 1 is 1.18 bits per heavy atom. The summed E-state index contributed by atoms with van der Waals surface area (Å²) in [5.41, 5.74) is 5.67. The van der Waals surface area contributed by atoms with Crippen LogP contribution in [0.1, 0.15) is 48.5 Å². The first-order valence-corrected chi connectivity index (χ1v) is 8.88. The van der Waals surface area contributed by atoms with Crippen LogP contribution in [-0.2, 0) is 6.42 Å². The average Bonchev–Trinajstić information content (AvgIpc) is 2.92. The molecule has 118 valence electrons. The zero-order valence-electron chi connectivity index (χ0n) is 13.6. The number of rotatable bonds is 3. The number of H-pyrrole nitrogens is 1. The normalized spacial score (nSPS) is 22.9. The molecule has 1 saturated heterocycles. The minimum absolute atomic E-state index is 0.499. The van der Waals surface area contributed by atoms with E-state index in [4.69, 9.17) is 0 Å². The Hall–Kier alpha value is -1.32. The Morgan fingerprint density at radius 3 is 2.91 bits per heavy atom. The van der Waals surface area contributed by atoms with Gasteiger partial charge in [-0.05, 0) is 76.5 Å². The number of aryl methyl sites for hydroxylation is 1. The van der Waals surface area contributed by atoms with Crippen LogP contribution in [0.15, 0.2) is 18.2 Å². The molecule has 3 heterocycles. The van der Waals surface area contributed by atoms with Gasteiger partial charge in [0.25, 0.3) is 0 Å². The van der Waals surface area contributed by atoms with Gasteiger partial charge in [0.2, 0.25) is 0 Å². The summed E-state index contributed by atoms with van der Waals surface area (Å²) in [6, 6.07) is 7.29. The highest BCUT2D eigenvalue weighted by molar-refractivity contribution is 5.85. The number of likely N-dealkylation sites (tertiary alicyclic amines) is 1. The Morgan fingerprint density at radius 2 is 2.05 bits per heavy atom. The number of hydrogen-bond acceptors (Lipinski definition) is 2. The van der Waals surface area contributed by atoms with Gasteiger partial charge in [0, 0.05) is 22.6 Å². The van der Waals surface area contributed by atoms with Crippen molar-refractivity contribution in [2.24, 2.45) is 0 Å². The lowest BCUT2D eigenvalue weighted by atomic mass is 9.96. The monoisotopic (exact) mass is 297 g/mol. The molecule has 1 fully saturated rings. The molecule has 22 heavy (non-hydrogen) atoms. The smallest absolute Gasteiger partial charge is 0.0488 e. The molecule has 0 bridgehead atoms. The Balaban J connectivity index is 1.55. The van der Waals surface area contributed by atoms with E-state index in [-0.39, 0.29) is 0 Å². The first-order chi connectivity index (χ1) is 10.8. The number of benzene rings is 1. The molecule has 1 aromatic heterocycles. The molecule has 1 atom stereocenters. The molecule has 3 nitrogen and oxygen atoms in total. The first-order valence-electron chi connectivity index (χ1n) is 8.88. The van der Waals surface area contributed by atoms with Crippen LogP contribution in [0, 0.1) is 6.92 Å². The highest BCUT2D eigenvalue weighted by Gasteiger charge is 2.24. The number of fused-ring (bicyclic) bond motifs is 3. The Labute approximate surface area is 133 Å². The molecule has 3 heteroatoms. The number of nitrogens with one attached hydrogen (secondary N) is 2. The van der Waals surface area contributed by atoms with E-state index in [9.17, 15) is 0 Å². The van der Waals surface area contributed by atoms with Crippen molar-refractivity contribution in [3.05, 3.63) is 35.0 Å². The van der Waals surface area contributed by atoms with Gasteiger partial charge < -0.3 is 15.2 Å². The van der Waals surface area contributed by atoms with Crippen molar-refractivity contribution in [3.63, 3.8) is 0 Å². The molecule has 0 saturated carbocycles. The van der Waals surface area contributed by atoms with E-state index in [2.05, 4.69) is 40.3 Å². The summed E-state index contributed by atoms with van der Waals surface area (Å²) in [5.74, 6) is 0. The van der Waals surface area contributed by atoms with Crippen molar-refractivity contribution in [3.8, 4) is 0 Å². The zero-order valence-corrected chi connectivity index (χ0v) is 13.6. The number of aromatic amines is 1. The predicted molar refractivity (Wildman–Crippen MR) is 92.4 cm³/mol. The predicted octanol–water partition coefficient (Wildman–Crippen LogP) is 3.54. The van der Waals surface area contributed by atoms with Crippen molar-refractivity contribution in [2.45, 2.75) is 45.1 Å². The maximum atomic E-state index is 3.73. The van der Waals surface area contributed by atoms with E-state index in [0.717, 1.165) is 13.0 Å². The van der Waals surface area contributed by atoms with Gasteiger partial charge in [0.15, 0.2) is 0 Å². The highest BCUT2D eigenvalue weighted by Crippen LogP contribution is 2.32. The largest absolute Gasteiger partial charge is 0.357 e. The molecular formula is C19H27N3. The van der Waals surface area contributed by atoms with Crippen LogP contribution >= 0.6 is 0 Å². The second kappa shape index (κ2) is 6.05. The minimum atomic E-state index is 0.499. The average molecular weight is 297 g/mol. The number of aromatic nitrogens is 1. The fraction of sp³-hybridized carbons (Fsp3) is 0.579. The second-order valence-electron chi connectivity index (χ2n) is 7.01. The van der Waals surface area contributed by atoms with Crippen LogP contribution in [0.4, 0.5) is 0 Å². The number of nitrogens with zero attached hydrogens (tertiary/aromatic N) is 1. The van der Waals surface area contributed by atoms with E-state index >= 15 is 0 Å². The summed E-state index contributed by atoms with van der Waals surface area (Å²) >= 11 is 0. The molecule has 2 aliphatic heterocycles. The summed E-state index contributed by atoms with van der Waals surface area (Å²) in [6.07, 6.45) is 6.56. The van der Waals surface area contributed by atoms with Crippen LogP contribution in [0.25, 0.3) is 10.9 Å². The molecule has 2 aromatic rings. The van der Waals surface area contributed by atoms with Gasteiger partial charge in [0.05, 0.1) is 0 Å². The standard InChI is InChI=1S/C19H27N3/c1-14-5-6-17-16(13-14)15-7-9-20-18(19(15)21-17)8-12-22-10-3-2-4-11-22/h5-6,13,18,20-21H,2-4,7-12H2,1H3/t18-/m0/s1. The van der Waals surface area contributed by atoms with Crippen LogP contribution < -0.4 is 5.32 Å². The minimum Gasteiger partial charge on any atom is -0.357 e. The summed E-state index contributed by atoms with van der Waals surface area (Å²) < 4.78 is 0. The van der Waals surface area contributed by atoms with E-state index < -0.39 is 0 Å². The Bertz CT molecular complexity index is 652. The highest BCUT2D eigenvalue weighted by atomic mass is 15.1. The fourth-order valence-electron chi connectivity index (χ4n) is 4.16. The number of piperidine rings is 1. The van der Waals surface area contributed by atoms with Gasteiger partial charge in [-0.2, -0.15) is 0 Å². The lowest BCUT2D eigenvalue weighted by Gasteiger charge is -2.30. The molecule has 0 spiro atoms. The molecule has 2 N–H and O–H groups in total. The van der Waals surface area contributed by atoms with E-state index in [1.54, 1.807) is 5.56 Å². The SMILES string of the molecule is Cc1ccc2[nH]c3c(c2c1)CCN[C@H]3CCN1CCCCC1. The maximum absolute atomic E-state index is 3.73. The zero-order chi connectivity index (χ0) is 14.9. The van der Waals surface area contributed by atoms with Crippen molar-refractivity contribution >= 4 is 10.9 Å². The molecule has 0 amide bonds.